The van der Waals surface area contributed by atoms with Gasteiger partial charge in [-0.1, -0.05) is 12.2 Å². The monoisotopic (exact) mass is 201 g/mol. The Balaban J connectivity index is 2.73. The van der Waals surface area contributed by atoms with Crippen LogP contribution in [0.2, 0.25) is 0 Å². The fraction of sp³-hybridized carbons (Fsp3) is 0.222. The minimum Gasteiger partial charge on any atom is -0.225 e. The van der Waals surface area contributed by atoms with Gasteiger partial charge in [-0.25, -0.2) is 9.37 Å². The van der Waals surface area contributed by atoms with Gasteiger partial charge in [0.25, 0.3) is 0 Å². The first kappa shape index (κ1) is 10.2. The van der Waals surface area contributed by atoms with Crippen LogP contribution in [0, 0.1) is 11.8 Å². The molecule has 0 N–H and O–H groups in total. The van der Waals surface area contributed by atoms with Crippen LogP contribution in [-0.4, -0.2) is 10.7 Å². The van der Waals surface area contributed by atoms with Gasteiger partial charge in [0.2, 0.25) is 5.95 Å². The highest BCUT2D eigenvalue weighted by Crippen LogP contribution is 2.07. The van der Waals surface area contributed by atoms with Crippen LogP contribution in [-0.2, 0) is 0 Å². The summed E-state index contributed by atoms with van der Waals surface area (Å²) in [5, 5.41) is 0. The lowest BCUT2D eigenvalue weighted by Gasteiger charge is -1.93. The van der Waals surface area contributed by atoms with Gasteiger partial charge in [0, 0.05) is 6.20 Å². The van der Waals surface area contributed by atoms with Gasteiger partial charge in [0.05, 0.1) is 0 Å². The largest absolute Gasteiger partial charge is 0.248 e. The van der Waals surface area contributed by atoms with Crippen molar-refractivity contribution < 1.29 is 8.78 Å². The quantitative estimate of drug-likeness (QED) is 0.586. The van der Waals surface area contributed by atoms with Gasteiger partial charge in [0.1, 0.15) is 0 Å². The van der Waals surface area contributed by atoms with E-state index >= 15 is 0 Å². The molecule has 4 heteroatoms. The second-order valence-electron chi connectivity index (χ2n) is 2.46. The molecule has 13 heavy (non-hydrogen) atoms. The van der Waals surface area contributed by atoms with Crippen LogP contribution in [0.25, 0.3) is 6.08 Å². The molecule has 70 valence electrons. The van der Waals surface area contributed by atoms with Crippen LogP contribution in [0.5, 0.6) is 0 Å². The second kappa shape index (κ2) is 4.97. The predicted molar refractivity (Wildman–Crippen MR) is 51.7 cm³/mol. The highest BCUT2D eigenvalue weighted by molar-refractivity contribution is 7.80. The molecule has 0 aliphatic rings. The molecule has 0 radical (unpaired) electrons. The summed E-state index contributed by atoms with van der Waals surface area (Å²) in [6, 6.07) is 1.11. The number of halogens is 2. The van der Waals surface area contributed by atoms with Crippen LogP contribution >= 0.6 is 12.6 Å². The Kier molecular flexibility index (Phi) is 3.89. The first-order valence-corrected chi connectivity index (χ1v) is 4.45. The molecule has 0 aromatic carbocycles. The van der Waals surface area contributed by atoms with Gasteiger partial charge in [-0.15, -0.1) is 0 Å². The average Bonchev–Trinajstić information content (AvgIpc) is 2.12. The van der Waals surface area contributed by atoms with Crippen molar-refractivity contribution in [3.63, 3.8) is 0 Å². The molecule has 0 atom stereocenters. The lowest BCUT2D eigenvalue weighted by Crippen LogP contribution is -1.89. The van der Waals surface area contributed by atoms with E-state index in [2.05, 4.69) is 17.6 Å². The first-order valence-electron chi connectivity index (χ1n) is 3.82. The number of pyridine rings is 1. The van der Waals surface area contributed by atoms with E-state index in [9.17, 15) is 8.78 Å². The van der Waals surface area contributed by atoms with Gasteiger partial charge in [-0.05, 0) is 23.8 Å². The molecule has 0 aliphatic carbocycles. The SMILES string of the molecule is Fc1cc(C=CCCS)cnc1F. The molecule has 0 spiro atoms. The summed E-state index contributed by atoms with van der Waals surface area (Å²) in [6.07, 6.45) is 5.60. The van der Waals surface area contributed by atoms with E-state index in [1.165, 1.54) is 6.20 Å². The molecule has 0 bridgehead atoms. The third kappa shape index (κ3) is 3.14. The Morgan fingerprint density at radius 1 is 1.46 bits per heavy atom. The van der Waals surface area contributed by atoms with E-state index in [0.717, 1.165) is 18.2 Å². The number of hydrogen-bond donors (Lipinski definition) is 1. The fourth-order valence-corrected chi connectivity index (χ4v) is 0.970. The van der Waals surface area contributed by atoms with Crippen LogP contribution in [0.1, 0.15) is 12.0 Å². The Morgan fingerprint density at radius 3 is 2.85 bits per heavy atom. The number of thiol groups is 1. The smallest absolute Gasteiger partial charge is 0.225 e. The average molecular weight is 201 g/mol. The van der Waals surface area contributed by atoms with Gasteiger partial charge in [-0.2, -0.15) is 17.0 Å². The van der Waals surface area contributed by atoms with Gasteiger partial charge >= 0.3 is 0 Å². The molecule has 0 saturated carbocycles. The van der Waals surface area contributed by atoms with Gasteiger partial charge in [-0.3, -0.25) is 0 Å². The summed E-state index contributed by atoms with van der Waals surface area (Å²) in [6.45, 7) is 0. The Bertz CT molecular complexity index is 312. The molecule has 1 aromatic heterocycles. The van der Waals surface area contributed by atoms with Crippen molar-refractivity contribution in [3.05, 3.63) is 35.7 Å². The van der Waals surface area contributed by atoms with Crippen molar-refractivity contribution >= 4 is 18.7 Å². The van der Waals surface area contributed by atoms with Crippen LogP contribution in [0.4, 0.5) is 8.78 Å². The minimum atomic E-state index is -1.06. The van der Waals surface area contributed by atoms with E-state index in [1.807, 2.05) is 6.08 Å². The fourth-order valence-electron chi connectivity index (χ4n) is 0.821. The molecule has 0 aliphatic heterocycles. The number of hydrogen-bond acceptors (Lipinski definition) is 2. The predicted octanol–water partition coefficient (Wildman–Crippen LogP) is 2.69. The molecular formula is C9H9F2NS. The Labute approximate surface area is 80.9 Å². The van der Waals surface area contributed by atoms with Crippen molar-refractivity contribution in [3.8, 4) is 0 Å². The highest BCUT2D eigenvalue weighted by Gasteiger charge is 2.00. The second-order valence-corrected chi connectivity index (χ2v) is 2.90. The number of allylic oxidation sites excluding steroid dienone is 1. The maximum atomic E-state index is 12.6. The number of aromatic nitrogens is 1. The normalized spacial score (nSPS) is 11.0. The summed E-state index contributed by atoms with van der Waals surface area (Å²) < 4.78 is 25.0. The molecule has 1 heterocycles. The molecule has 1 rings (SSSR count). The first-order chi connectivity index (χ1) is 6.24. The Morgan fingerprint density at radius 2 is 2.23 bits per heavy atom. The minimum absolute atomic E-state index is 0.556. The number of rotatable bonds is 3. The van der Waals surface area contributed by atoms with Crippen molar-refractivity contribution in [2.45, 2.75) is 6.42 Å². The zero-order valence-corrected chi connectivity index (χ0v) is 7.77. The van der Waals surface area contributed by atoms with E-state index in [4.69, 9.17) is 0 Å². The van der Waals surface area contributed by atoms with E-state index in [-0.39, 0.29) is 0 Å². The maximum Gasteiger partial charge on any atom is 0.248 e. The molecular weight excluding hydrogens is 192 g/mol. The lowest BCUT2D eigenvalue weighted by molar-refractivity contribution is 0.479. The van der Waals surface area contributed by atoms with Crippen molar-refractivity contribution in [2.75, 3.05) is 5.75 Å². The van der Waals surface area contributed by atoms with E-state index in [0.29, 0.717) is 5.56 Å². The lowest BCUT2D eigenvalue weighted by atomic mass is 10.2. The van der Waals surface area contributed by atoms with Crippen molar-refractivity contribution in [1.82, 2.24) is 4.98 Å². The standard InChI is InChI=1S/C9H9F2NS/c10-8-5-7(3-1-2-4-13)6-12-9(8)11/h1,3,5-6,13H,2,4H2. The van der Waals surface area contributed by atoms with E-state index < -0.39 is 11.8 Å². The topological polar surface area (TPSA) is 12.9 Å². The summed E-state index contributed by atoms with van der Waals surface area (Å²) in [7, 11) is 0. The van der Waals surface area contributed by atoms with Gasteiger partial charge < -0.3 is 0 Å². The van der Waals surface area contributed by atoms with Crippen LogP contribution < -0.4 is 0 Å². The molecule has 0 saturated heterocycles. The summed E-state index contributed by atoms with van der Waals surface area (Å²) in [4.78, 5) is 3.25. The summed E-state index contributed by atoms with van der Waals surface area (Å²) in [5.41, 5.74) is 0.556. The molecule has 0 amide bonds. The summed E-state index contributed by atoms with van der Waals surface area (Å²) >= 11 is 4.00. The third-order valence-corrected chi connectivity index (χ3v) is 1.68. The zero-order valence-electron chi connectivity index (χ0n) is 6.87. The van der Waals surface area contributed by atoms with Crippen LogP contribution in [0.3, 0.4) is 0 Å². The molecule has 1 nitrogen and oxygen atoms in total. The zero-order chi connectivity index (χ0) is 9.68. The third-order valence-electron chi connectivity index (χ3n) is 1.42. The number of nitrogens with zero attached hydrogens (tertiary/aromatic N) is 1. The van der Waals surface area contributed by atoms with E-state index in [1.54, 1.807) is 6.08 Å². The van der Waals surface area contributed by atoms with Gasteiger partial charge in [0.15, 0.2) is 5.82 Å². The Hall–Kier alpha value is -0.900. The molecule has 0 fully saturated rings. The highest BCUT2D eigenvalue weighted by atomic mass is 32.1. The molecule has 0 unspecified atom stereocenters. The van der Waals surface area contributed by atoms with Crippen molar-refractivity contribution in [2.24, 2.45) is 0 Å². The van der Waals surface area contributed by atoms with Crippen LogP contribution in [0.15, 0.2) is 18.3 Å². The maximum absolute atomic E-state index is 12.6. The molecule has 1 aromatic rings. The summed E-state index contributed by atoms with van der Waals surface area (Å²) in [5.74, 6) is -1.26. The van der Waals surface area contributed by atoms with Crippen molar-refractivity contribution in [1.29, 1.82) is 0 Å².